The summed E-state index contributed by atoms with van der Waals surface area (Å²) in [4.78, 5) is 22.9. The van der Waals surface area contributed by atoms with E-state index in [9.17, 15) is 9.59 Å². The molecule has 1 saturated heterocycles. The summed E-state index contributed by atoms with van der Waals surface area (Å²) in [6, 6.07) is 0.0298. The lowest BCUT2D eigenvalue weighted by Crippen LogP contribution is -2.45. The Kier molecular flexibility index (Phi) is 5.93. The predicted molar refractivity (Wildman–Crippen MR) is 61.4 cm³/mol. The van der Waals surface area contributed by atoms with Gasteiger partial charge in [0.1, 0.15) is 6.54 Å². The topological polar surface area (TPSA) is 76.7 Å². The molecule has 2 N–H and O–H groups in total. The van der Waals surface area contributed by atoms with E-state index >= 15 is 0 Å². The Morgan fingerprint density at radius 1 is 1.35 bits per heavy atom. The van der Waals surface area contributed by atoms with Crippen LogP contribution in [0.15, 0.2) is 0 Å². The number of rotatable bonds is 6. The Morgan fingerprint density at radius 2 is 2.12 bits per heavy atom. The number of nitrogens with one attached hydrogen (secondary N) is 2. The van der Waals surface area contributed by atoms with Gasteiger partial charge in [-0.05, 0) is 13.5 Å². The zero-order valence-corrected chi connectivity index (χ0v) is 10.3. The maximum atomic E-state index is 11.8. The Morgan fingerprint density at radius 3 is 2.76 bits per heavy atom. The highest BCUT2D eigenvalue weighted by molar-refractivity contribution is 5.84. The van der Waals surface area contributed by atoms with E-state index in [1.807, 2.05) is 6.92 Å². The second kappa shape index (κ2) is 7.24. The molecule has 0 aliphatic carbocycles. The number of carbonyl (C=O) groups excluding carboxylic acids is 2. The molecule has 1 fully saturated rings. The monoisotopic (exact) mass is 244 g/mol. The zero-order chi connectivity index (χ0) is 12.7. The SMILES string of the molecule is CCNC1COCC1C(=O)NCC(=O)OCC. The van der Waals surface area contributed by atoms with Gasteiger partial charge in [0.05, 0.1) is 25.7 Å². The van der Waals surface area contributed by atoms with Crippen LogP contribution in [-0.2, 0) is 19.1 Å². The van der Waals surface area contributed by atoms with Gasteiger partial charge in [-0.3, -0.25) is 9.59 Å². The minimum atomic E-state index is -0.417. The Bertz CT molecular complexity index is 270. The molecule has 1 amide bonds. The van der Waals surface area contributed by atoms with Gasteiger partial charge in [0.2, 0.25) is 5.91 Å². The van der Waals surface area contributed by atoms with Crippen LogP contribution in [0.2, 0.25) is 0 Å². The largest absolute Gasteiger partial charge is 0.465 e. The summed E-state index contributed by atoms with van der Waals surface area (Å²) >= 11 is 0. The summed E-state index contributed by atoms with van der Waals surface area (Å²) in [5.74, 6) is -0.814. The zero-order valence-electron chi connectivity index (χ0n) is 10.3. The molecule has 2 atom stereocenters. The first-order chi connectivity index (χ1) is 8.19. The Labute approximate surface area is 101 Å². The molecular formula is C11H20N2O4. The minimum absolute atomic E-state index is 0.0298. The minimum Gasteiger partial charge on any atom is -0.465 e. The van der Waals surface area contributed by atoms with Crippen molar-refractivity contribution in [2.45, 2.75) is 19.9 Å². The lowest BCUT2D eigenvalue weighted by atomic mass is 10.0. The van der Waals surface area contributed by atoms with Crippen LogP contribution in [0.25, 0.3) is 0 Å². The molecule has 1 heterocycles. The van der Waals surface area contributed by atoms with Crippen molar-refractivity contribution in [1.82, 2.24) is 10.6 Å². The van der Waals surface area contributed by atoms with Crippen molar-refractivity contribution in [1.29, 1.82) is 0 Å². The van der Waals surface area contributed by atoms with Gasteiger partial charge >= 0.3 is 5.97 Å². The molecule has 1 aliphatic heterocycles. The van der Waals surface area contributed by atoms with Gasteiger partial charge in [-0.25, -0.2) is 0 Å². The summed E-state index contributed by atoms with van der Waals surface area (Å²) in [5, 5.41) is 5.75. The van der Waals surface area contributed by atoms with Crippen molar-refractivity contribution in [3.8, 4) is 0 Å². The molecule has 0 aromatic carbocycles. The summed E-state index contributed by atoms with van der Waals surface area (Å²) in [7, 11) is 0. The molecule has 1 rings (SSSR count). The fourth-order valence-corrected chi connectivity index (χ4v) is 1.78. The number of hydrogen-bond donors (Lipinski definition) is 2. The van der Waals surface area contributed by atoms with E-state index in [-0.39, 0.29) is 24.4 Å². The third-order valence-corrected chi connectivity index (χ3v) is 2.60. The summed E-state index contributed by atoms with van der Waals surface area (Å²) in [6.07, 6.45) is 0. The number of ether oxygens (including phenoxy) is 2. The van der Waals surface area contributed by atoms with E-state index in [0.717, 1.165) is 6.54 Å². The lowest BCUT2D eigenvalue weighted by Gasteiger charge is -2.17. The van der Waals surface area contributed by atoms with Crippen molar-refractivity contribution in [2.24, 2.45) is 5.92 Å². The van der Waals surface area contributed by atoms with Crippen molar-refractivity contribution in [3.63, 3.8) is 0 Å². The lowest BCUT2D eigenvalue weighted by molar-refractivity contribution is -0.143. The molecule has 98 valence electrons. The van der Waals surface area contributed by atoms with Crippen LogP contribution in [0.1, 0.15) is 13.8 Å². The average molecular weight is 244 g/mol. The summed E-state index contributed by atoms with van der Waals surface area (Å²) in [5.41, 5.74) is 0. The van der Waals surface area contributed by atoms with Crippen molar-refractivity contribution < 1.29 is 19.1 Å². The fraction of sp³-hybridized carbons (Fsp3) is 0.818. The van der Waals surface area contributed by atoms with Gasteiger partial charge in [-0.1, -0.05) is 6.92 Å². The van der Waals surface area contributed by atoms with E-state index < -0.39 is 5.97 Å². The second-order valence-corrected chi connectivity index (χ2v) is 3.83. The van der Waals surface area contributed by atoms with Crippen molar-refractivity contribution in [2.75, 3.05) is 32.9 Å². The molecular weight excluding hydrogens is 224 g/mol. The molecule has 0 saturated carbocycles. The molecule has 0 aromatic rings. The molecule has 0 aromatic heterocycles. The number of amides is 1. The summed E-state index contributed by atoms with van der Waals surface area (Å²) < 4.78 is 9.99. The van der Waals surface area contributed by atoms with Crippen molar-refractivity contribution in [3.05, 3.63) is 0 Å². The average Bonchev–Trinajstić information content (AvgIpc) is 2.75. The quantitative estimate of drug-likeness (QED) is 0.604. The van der Waals surface area contributed by atoms with Crippen LogP contribution >= 0.6 is 0 Å². The van der Waals surface area contributed by atoms with Crippen molar-refractivity contribution >= 4 is 11.9 Å². The first kappa shape index (κ1) is 13.9. The van der Waals surface area contributed by atoms with E-state index in [0.29, 0.717) is 19.8 Å². The molecule has 1 aliphatic rings. The predicted octanol–water partition coefficient (Wildman–Crippen LogP) is -0.710. The number of esters is 1. The second-order valence-electron chi connectivity index (χ2n) is 3.83. The molecule has 0 radical (unpaired) electrons. The van der Waals surface area contributed by atoms with Crippen LogP contribution in [-0.4, -0.2) is 50.8 Å². The van der Waals surface area contributed by atoms with Gasteiger partial charge in [-0.15, -0.1) is 0 Å². The first-order valence-electron chi connectivity index (χ1n) is 5.93. The molecule has 0 spiro atoms. The molecule has 0 bridgehead atoms. The van der Waals surface area contributed by atoms with E-state index in [2.05, 4.69) is 10.6 Å². The van der Waals surface area contributed by atoms with Gasteiger partial charge in [0, 0.05) is 6.04 Å². The van der Waals surface area contributed by atoms with Crippen LogP contribution in [0.5, 0.6) is 0 Å². The Balaban J connectivity index is 2.33. The van der Waals surface area contributed by atoms with Gasteiger partial charge < -0.3 is 20.1 Å². The standard InChI is InChI=1S/C11H20N2O4/c1-3-12-9-7-16-6-8(9)11(15)13-5-10(14)17-4-2/h8-9,12H,3-7H2,1-2H3,(H,13,15). The van der Waals surface area contributed by atoms with E-state index in [4.69, 9.17) is 9.47 Å². The van der Waals surface area contributed by atoms with Crippen LogP contribution in [0.4, 0.5) is 0 Å². The van der Waals surface area contributed by atoms with Crippen LogP contribution < -0.4 is 10.6 Å². The number of carbonyl (C=O) groups is 2. The number of likely N-dealkylation sites (N-methyl/N-ethyl adjacent to an activating group) is 1. The smallest absolute Gasteiger partial charge is 0.325 e. The molecule has 6 heteroatoms. The number of hydrogen-bond acceptors (Lipinski definition) is 5. The van der Waals surface area contributed by atoms with E-state index in [1.54, 1.807) is 6.92 Å². The molecule has 6 nitrogen and oxygen atoms in total. The van der Waals surface area contributed by atoms with Crippen LogP contribution in [0.3, 0.4) is 0 Å². The maximum absolute atomic E-state index is 11.8. The highest BCUT2D eigenvalue weighted by Gasteiger charge is 2.33. The van der Waals surface area contributed by atoms with Crippen LogP contribution in [0, 0.1) is 5.92 Å². The normalized spacial score (nSPS) is 23.4. The molecule has 17 heavy (non-hydrogen) atoms. The van der Waals surface area contributed by atoms with E-state index in [1.165, 1.54) is 0 Å². The van der Waals surface area contributed by atoms with Gasteiger partial charge in [-0.2, -0.15) is 0 Å². The highest BCUT2D eigenvalue weighted by atomic mass is 16.5. The first-order valence-corrected chi connectivity index (χ1v) is 5.93. The van der Waals surface area contributed by atoms with Gasteiger partial charge in [0.25, 0.3) is 0 Å². The summed E-state index contributed by atoms with van der Waals surface area (Å²) in [6.45, 7) is 5.66. The van der Waals surface area contributed by atoms with Gasteiger partial charge in [0.15, 0.2) is 0 Å². The molecule has 2 unspecified atom stereocenters. The Hall–Kier alpha value is -1.14. The maximum Gasteiger partial charge on any atom is 0.325 e. The fourth-order valence-electron chi connectivity index (χ4n) is 1.78. The third-order valence-electron chi connectivity index (χ3n) is 2.60. The third kappa shape index (κ3) is 4.32. The highest BCUT2D eigenvalue weighted by Crippen LogP contribution is 2.13.